The maximum atomic E-state index is 12.0. The molecule has 0 aromatic heterocycles. The first kappa shape index (κ1) is 15.9. The Morgan fingerprint density at radius 3 is 2.36 bits per heavy atom. The van der Waals surface area contributed by atoms with Gasteiger partial charge in [0.1, 0.15) is 11.7 Å². The molecule has 0 radical (unpaired) electrons. The van der Waals surface area contributed by atoms with Crippen molar-refractivity contribution in [1.82, 2.24) is 10.8 Å². The molecular weight excluding hydrogens is 309 g/mol. The molecule has 2 unspecified atom stereocenters. The van der Waals surface area contributed by atoms with Crippen molar-refractivity contribution < 1.29 is 37.4 Å². The van der Waals surface area contributed by atoms with E-state index in [1.165, 1.54) is 0 Å². The Kier molecular flexibility index (Phi) is 4.40. The molecule has 2 atom stereocenters. The number of aliphatic hydroxyl groups excluding tert-OH is 1. The second-order valence-corrected chi connectivity index (χ2v) is 4.38. The van der Waals surface area contributed by atoms with E-state index in [4.69, 9.17) is 4.84 Å². The van der Waals surface area contributed by atoms with Crippen LogP contribution in [0.3, 0.4) is 0 Å². The van der Waals surface area contributed by atoms with Crippen molar-refractivity contribution in [2.75, 3.05) is 6.54 Å². The summed E-state index contributed by atoms with van der Waals surface area (Å²) in [6, 6.07) is 4.25. The van der Waals surface area contributed by atoms with Gasteiger partial charge in [0.2, 0.25) is 5.91 Å². The number of carbonyl (C=O) groups is 2. The Balaban J connectivity index is 1.89. The van der Waals surface area contributed by atoms with Crippen molar-refractivity contribution in [3.05, 3.63) is 24.3 Å². The highest BCUT2D eigenvalue weighted by Crippen LogP contribution is 2.24. The van der Waals surface area contributed by atoms with E-state index in [2.05, 4.69) is 10.1 Å². The van der Waals surface area contributed by atoms with Crippen molar-refractivity contribution in [1.29, 1.82) is 0 Å². The van der Waals surface area contributed by atoms with E-state index in [9.17, 15) is 27.9 Å². The predicted molar refractivity (Wildman–Crippen MR) is 64.4 cm³/mol. The van der Waals surface area contributed by atoms with Crippen molar-refractivity contribution in [2.24, 2.45) is 5.92 Å². The summed E-state index contributed by atoms with van der Waals surface area (Å²) in [7, 11) is 0. The number of rotatable bonds is 4. The van der Waals surface area contributed by atoms with Crippen molar-refractivity contribution in [3.63, 3.8) is 0 Å². The molecule has 2 rings (SSSR count). The van der Waals surface area contributed by atoms with Crippen molar-refractivity contribution in [3.8, 4) is 11.5 Å². The average molecular weight is 320 g/mol. The minimum Gasteiger partial charge on any atom is -0.406 e. The van der Waals surface area contributed by atoms with Crippen LogP contribution < -0.4 is 20.4 Å². The molecule has 7 nitrogen and oxygen atoms in total. The zero-order valence-corrected chi connectivity index (χ0v) is 10.9. The quantitative estimate of drug-likeness (QED) is 0.540. The monoisotopic (exact) mass is 320 g/mol. The number of hydrogen-bond acceptors (Lipinski definition) is 5. The summed E-state index contributed by atoms with van der Waals surface area (Å²) in [6.07, 6.45) is -5.97. The molecule has 1 aromatic carbocycles. The molecule has 0 bridgehead atoms. The summed E-state index contributed by atoms with van der Waals surface area (Å²) >= 11 is 0. The first-order valence-electron chi connectivity index (χ1n) is 6.04. The Labute approximate surface area is 122 Å². The molecule has 120 valence electrons. The topological polar surface area (TPSA) is 96.9 Å². The SMILES string of the molecule is O=C1NCC(O)C1C(=O)NOc1ccc(OC(F)(F)F)cc1. The Hall–Kier alpha value is -2.49. The standard InChI is InChI=1S/C12H11F3N2O5/c13-12(14,15)21-6-1-3-7(4-2-6)22-17-11(20)9-8(18)5-16-10(9)19/h1-4,8-9,18H,5H2,(H,16,19)(H,17,20). The fourth-order valence-electron chi connectivity index (χ4n) is 1.78. The fourth-order valence-corrected chi connectivity index (χ4v) is 1.78. The first-order chi connectivity index (χ1) is 10.3. The second kappa shape index (κ2) is 6.10. The zero-order chi connectivity index (χ0) is 16.3. The van der Waals surface area contributed by atoms with E-state index < -0.39 is 35.9 Å². The van der Waals surface area contributed by atoms with Crippen LogP contribution in [0.4, 0.5) is 13.2 Å². The van der Waals surface area contributed by atoms with Crippen LogP contribution in [0.1, 0.15) is 0 Å². The average Bonchev–Trinajstić information content (AvgIpc) is 2.75. The van der Waals surface area contributed by atoms with Gasteiger partial charge in [-0.15, -0.1) is 13.2 Å². The van der Waals surface area contributed by atoms with Gasteiger partial charge in [0, 0.05) is 6.54 Å². The molecule has 22 heavy (non-hydrogen) atoms. The molecule has 10 heteroatoms. The number of halogens is 3. The van der Waals surface area contributed by atoms with E-state index in [1.54, 1.807) is 0 Å². The summed E-state index contributed by atoms with van der Waals surface area (Å²) in [4.78, 5) is 27.8. The lowest BCUT2D eigenvalue weighted by atomic mass is 10.1. The van der Waals surface area contributed by atoms with E-state index in [0.717, 1.165) is 24.3 Å². The van der Waals surface area contributed by atoms with E-state index in [0.29, 0.717) is 0 Å². The van der Waals surface area contributed by atoms with Gasteiger partial charge in [0.05, 0.1) is 6.10 Å². The lowest BCUT2D eigenvalue weighted by Crippen LogP contribution is -2.40. The number of nitrogens with one attached hydrogen (secondary N) is 2. The number of β-amino-alcohol motifs (C(OH)–C–C–N with tert-alkyl or cyclic N) is 1. The third-order valence-corrected chi connectivity index (χ3v) is 2.76. The number of ether oxygens (including phenoxy) is 1. The third kappa shape index (κ3) is 4.01. The van der Waals surface area contributed by atoms with Gasteiger partial charge in [-0.2, -0.15) is 5.48 Å². The number of alkyl halides is 3. The molecule has 1 fully saturated rings. The molecule has 0 aliphatic carbocycles. The van der Waals surface area contributed by atoms with Crippen molar-refractivity contribution in [2.45, 2.75) is 12.5 Å². The van der Waals surface area contributed by atoms with Crippen LogP contribution in [0.15, 0.2) is 24.3 Å². The maximum absolute atomic E-state index is 12.0. The minimum absolute atomic E-state index is 0.0239. The van der Waals surface area contributed by atoms with Crippen LogP contribution >= 0.6 is 0 Å². The summed E-state index contributed by atoms with van der Waals surface area (Å²) in [5.41, 5.74) is 1.95. The summed E-state index contributed by atoms with van der Waals surface area (Å²) < 4.78 is 39.6. The maximum Gasteiger partial charge on any atom is 0.573 e. The molecule has 1 aliphatic heterocycles. The number of aliphatic hydroxyl groups is 1. The van der Waals surface area contributed by atoms with Gasteiger partial charge in [-0.05, 0) is 24.3 Å². The van der Waals surface area contributed by atoms with Gasteiger partial charge >= 0.3 is 6.36 Å². The zero-order valence-electron chi connectivity index (χ0n) is 10.9. The van der Waals surface area contributed by atoms with Crippen LogP contribution in [-0.2, 0) is 9.59 Å². The molecular formula is C12H11F3N2O5. The number of benzene rings is 1. The van der Waals surface area contributed by atoms with E-state index in [-0.39, 0.29) is 12.3 Å². The number of hydrogen-bond donors (Lipinski definition) is 3. The third-order valence-electron chi connectivity index (χ3n) is 2.76. The van der Waals surface area contributed by atoms with Crippen molar-refractivity contribution >= 4 is 11.8 Å². The van der Waals surface area contributed by atoms with Crippen LogP contribution in [0.5, 0.6) is 11.5 Å². The van der Waals surface area contributed by atoms with Gasteiger partial charge in [0.25, 0.3) is 5.91 Å². The molecule has 0 saturated carbocycles. The Morgan fingerprint density at radius 1 is 1.27 bits per heavy atom. The van der Waals surface area contributed by atoms with Gasteiger partial charge < -0.3 is 20.0 Å². The number of amides is 2. The number of carbonyl (C=O) groups excluding carboxylic acids is 2. The number of hydroxylamine groups is 1. The lowest BCUT2D eigenvalue weighted by molar-refractivity contribution is -0.274. The minimum atomic E-state index is -4.80. The molecule has 1 heterocycles. The second-order valence-electron chi connectivity index (χ2n) is 4.38. The Morgan fingerprint density at radius 2 is 1.86 bits per heavy atom. The molecule has 0 spiro atoms. The molecule has 1 aromatic rings. The van der Waals surface area contributed by atoms with Crippen LogP contribution in [-0.4, -0.2) is 35.9 Å². The molecule has 1 saturated heterocycles. The molecule has 2 amide bonds. The highest BCUT2D eigenvalue weighted by Gasteiger charge is 2.39. The van der Waals surface area contributed by atoms with E-state index in [1.807, 2.05) is 5.48 Å². The van der Waals surface area contributed by atoms with Gasteiger partial charge in [-0.1, -0.05) is 0 Å². The molecule has 3 N–H and O–H groups in total. The summed E-state index contributed by atoms with van der Waals surface area (Å²) in [6.45, 7) is -0.0413. The molecule has 1 aliphatic rings. The van der Waals surface area contributed by atoms with Crippen LogP contribution in [0, 0.1) is 5.92 Å². The van der Waals surface area contributed by atoms with Gasteiger partial charge in [0.15, 0.2) is 5.75 Å². The highest BCUT2D eigenvalue weighted by atomic mass is 19.4. The lowest BCUT2D eigenvalue weighted by Gasteiger charge is -2.13. The predicted octanol–water partition coefficient (Wildman–Crippen LogP) is 0.102. The highest BCUT2D eigenvalue weighted by molar-refractivity contribution is 6.02. The Bertz CT molecular complexity index is 561. The fraction of sp³-hybridized carbons (Fsp3) is 0.333. The summed E-state index contributed by atoms with van der Waals surface area (Å²) in [5, 5.41) is 11.7. The smallest absolute Gasteiger partial charge is 0.406 e. The van der Waals surface area contributed by atoms with Crippen LogP contribution in [0.25, 0.3) is 0 Å². The first-order valence-corrected chi connectivity index (χ1v) is 6.04. The van der Waals surface area contributed by atoms with Gasteiger partial charge in [-0.25, -0.2) is 0 Å². The van der Waals surface area contributed by atoms with E-state index >= 15 is 0 Å². The van der Waals surface area contributed by atoms with Gasteiger partial charge in [-0.3, -0.25) is 9.59 Å². The largest absolute Gasteiger partial charge is 0.573 e. The normalized spacial score (nSPS) is 21.2. The van der Waals surface area contributed by atoms with Crippen LogP contribution in [0.2, 0.25) is 0 Å². The summed E-state index contributed by atoms with van der Waals surface area (Å²) in [5.74, 6) is -3.22.